The van der Waals surface area contributed by atoms with Crippen molar-refractivity contribution in [2.75, 3.05) is 19.6 Å². The second kappa shape index (κ2) is 3.87. The number of aromatic nitrogens is 2. The van der Waals surface area contributed by atoms with E-state index in [-0.39, 0.29) is 0 Å². The Bertz CT molecular complexity index is 239. The standard InChI is InChI=1S/C9H15N3O/c1-2-12-5-3-8(4-6-12)9-11-10-7-13-9/h7-8H,2-6H2,1H3. The predicted molar refractivity (Wildman–Crippen MR) is 48.4 cm³/mol. The maximum Gasteiger partial charge on any atom is 0.219 e. The lowest BCUT2D eigenvalue weighted by Crippen LogP contribution is -2.32. The lowest BCUT2D eigenvalue weighted by Gasteiger charge is -2.28. The molecule has 0 aromatic carbocycles. The number of piperidine rings is 1. The van der Waals surface area contributed by atoms with Gasteiger partial charge < -0.3 is 9.32 Å². The molecular weight excluding hydrogens is 166 g/mol. The Hall–Kier alpha value is -0.900. The SMILES string of the molecule is CCN1CCC(c2nnco2)CC1. The van der Waals surface area contributed by atoms with E-state index < -0.39 is 0 Å². The zero-order valence-corrected chi connectivity index (χ0v) is 7.94. The Kier molecular flexibility index (Phi) is 2.59. The summed E-state index contributed by atoms with van der Waals surface area (Å²) in [5.74, 6) is 1.31. The van der Waals surface area contributed by atoms with Crippen LogP contribution >= 0.6 is 0 Å². The van der Waals surface area contributed by atoms with Crippen molar-refractivity contribution < 1.29 is 4.42 Å². The number of hydrogen-bond donors (Lipinski definition) is 0. The summed E-state index contributed by atoms with van der Waals surface area (Å²) in [6, 6.07) is 0. The van der Waals surface area contributed by atoms with Gasteiger partial charge in [-0.3, -0.25) is 0 Å². The summed E-state index contributed by atoms with van der Waals surface area (Å²) in [6.45, 7) is 5.66. The minimum absolute atomic E-state index is 0.491. The molecule has 1 fully saturated rings. The molecule has 0 unspecified atom stereocenters. The average Bonchev–Trinajstić information content (AvgIpc) is 2.71. The lowest BCUT2D eigenvalue weighted by atomic mass is 9.97. The van der Waals surface area contributed by atoms with E-state index in [9.17, 15) is 0 Å². The van der Waals surface area contributed by atoms with Gasteiger partial charge in [0.1, 0.15) is 0 Å². The summed E-state index contributed by atoms with van der Waals surface area (Å²) >= 11 is 0. The molecular formula is C9H15N3O. The van der Waals surface area contributed by atoms with Gasteiger partial charge in [0.2, 0.25) is 12.3 Å². The fraction of sp³-hybridized carbons (Fsp3) is 0.778. The van der Waals surface area contributed by atoms with E-state index in [1.54, 1.807) is 0 Å². The van der Waals surface area contributed by atoms with Crippen LogP contribution in [0, 0.1) is 0 Å². The van der Waals surface area contributed by atoms with Crippen LogP contribution in [0.5, 0.6) is 0 Å². The number of nitrogens with zero attached hydrogens (tertiary/aromatic N) is 3. The van der Waals surface area contributed by atoms with E-state index in [0.717, 1.165) is 38.4 Å². The summed E-state index contributed by atoms with van der Waals surface area (Å²) in [5, 5.41) is 7.66. The maximum atomic E-state index is 5.20. The average molecular weight is 181 g/mol. The molecule has 0 amide bonds. The molecule has 0 aliphatic carbocycles. The first-order chi connectivity index (χ1) is 6.40. The molecule has 2 heterocycles. The van der Waals surface area contributed by atoms with Crippen molar-refractivity contribution in [3.05, 3.63) is 12.3 Å². The van der Waals surface area contributed by atoms with Crippen LogP contribution in [0.2, 0.25) is 0 Å². The molecule has 0 radical (unpaired) electrons. The van der Waals surface area contributed by atoms with Crippen molar-refractivity contribution in [3.63, 3.8) is 0 Å². The third kappa shape index (κ3) is 1.88. The summed E-state index contributed by atoms with van der Waals surface area (Å²) < 4.78 is 5.20. The fourth-order valence-electron chi connectivity index (χ4n) is 1.86. The first-order valence-corrected chi connectivity index (χ1v) is 4.88. The highest BCUT2D eigenvalue weighted by molar-refractivity contribution is 4.91. The molecule has 0 spiro atoms. The first-order valence-electron chi connectivity index (χ1n) is 4.88. The second-order valence-electron chi connectivity index (χ2n) is 3.49. The minimum atomic E-state index is 0.491. The van der Waals surface area contributed by atoms with E-state index in [0.29, 0.717) is 5.92 Å². The van der Waals surface area contributed by atoms with Gasteiger partial charge in [0.25, 0.3) is 0 Å². The molecule has 0 N–H and O–H groups in total. The Morgan fingerprint density at radius 2 is 2.31 bits per heavy atom. The van der Waals surface area contributed by atoms with E-state index >= 15 is 0 Å². The van der Waals surface area contributed by atoms with Gasteiger partial charge in [0.15, 0.2) is 0 Å². The summed E-state index contributed by atoms with van der Waals surface area (Å²) in [4.78, 5) is 2.45. The van der Waals surface area contributed by atoms with Crippen LogP contribution in [0.1, 0.15) is 31.6 Å². The highest BCUT2D eigenvalue weighted by Gasteiger charge is 2.22. The van der Waals surface area contributed by atoms with Crippen molar-refractivity contribution in [1.82, 2.24) is 15.1 Å². The van der Waals surface area contributed by atoms with Crippen LogP contribution in [-0.4, -0.2) is 34.7 Å². The minimum Gasteiger partial charge on any atom is -0.428 e. The van der Waals surface area contributed by atoms with Gasteiger partial charge in [-0.15, -0.1) is 10.2 Å². The molecule has 2 rings (SSSR count). The van der Waals surface area contributed by atoms with Crippen LogP contribution in [0.4, 0.5) is 0 Å². The Labute approximate surface area is 77.9 Å². The van der Waals surface area contributed by atoms with Crippen LogP contribution < -0.4 is 0 Å². The van der Waals surface area contributed by atoms with Gasteiger partial charge in [-0.1, -0.05) is 6.92 Å². The summed E-state index contributed by atoms with van der Waals surface area (Å²) in [5.41, 5.74) is 0. The Morgan fingerprint density at radius 1 is 1.54 bits per heavy atom. The second-order valence-corrected chi connectivity index (χ2v) is 3.49. The number of hydrogen-bond acceptors (Lipinski definition) is 4. The first kappa shape index (κ1) is 8.69. The molecule has 4 heteroatoms. The third-order valence-corrected chi connectivity index (χ3v) is 2.76. The van der Waals surface area contributed by atoms with Crippen molar-refractivity contribution in [1.29, 1.82) is 0 Å². The Balaban J connectivity index is 1.92. The lowest BCUT2D eigenvalue weighted by molar-refractivity contribution is 0.208. The Morgan fingerprint density at radius 3 is 2.85 bits per heavy atom. The normalized spacial score (nSPS) is 20.7. The highest BCUT2D eigenvalue weighted by atomic mass is 16.4. The zero-order chi connectivity index (χ0) is 9.10. The van der Waals surface area contributed by atoms with Gasteiger partial charge in [-0.05, 0) is 32.5 Å². The summed E-state index contributed by atoms with van der Waals surface area (Å²) in [6.07, 6.45) is 3.72. The molecule has 1 aromatic rings. The van der Waals surface area contributed by atoms with E-state index in [1.807, 2.05) is 0 Å². The monoisotopic (exact) mass is 181 g/mol. The maximum absolute atomic E-state index is 5.20. The topological polar surface area (TPSA) is 42.2 Å². The van der Waals surface area contributed by atoms with Gasteiger partial charge in [0, 0.05) is 5.92 Å². The van der Waals surface area contributed by atoms with Crippen molar-refractivity contribution in [3.8, 4) is 0 Å². The molecule has 13 heavy (non-hydrogen) atoms. The number of likely N-dealkylation sites (tertiary alicyclic amines) is 1. The predicted octanol–water partition coefficient (Wildman–Crippen LogP) is 1.27. The molecule has 1 aliphatic heterocycles. The third-order valence-electron chi connectivity index (χ3n) is 2.76. The molecule has 0 saturated carbocycles. The highest BCUT2D eigenvalue weighted by Crippen LogP contribution is 2.25. The quantitative estimate of drug-likeness (QED) is 0.689. The zero-order valence-electron chi connectivity index (χ0n) is 7.94. The molecule has 0 atom stereocenters. The van der Waals surface area contributed by atoms with Crippen LogP contribution in [-0.2, 0) is 0 Å². The largest absolute Gasteiger partial charge is 0.428 e. The van der Waals surface area contributed by atoms with Crippen molar-refractivity contribution >= 4 is 0 Å². The smallest absolute Gasteiger partial charge is 0.219 e. The van der Waals surface area contributed by atoms with Crippen LogP contribution in [0.15, 0.2) is 10.8 Å². The van der Waals surface area contributed by atoms with E-state index in [1.165, 1.54) is 6.39 Å². The van der Waals surface area contributed by atoms with Crippen LogP contribution in [0.3, 0.4) is 0 Å². The van der Waals surface area contributed by atoms with Gasteiger partial charge in [0.05, 0.1) is 0 Å². The molecule has 72 valence electrons. The van der Waals surface area contributed by atoms with Gasteiger partial charge >= 0.3 is 0 Å². The van der Waals surface area contributed by atoms with Gasteiger partial charge in [-0.25, -0.2) is 0 Å². The molecule has 1 aliphatic rings. The van der Waals surface area contributed by atoms with Crippen LogP contribution in [0.25, 0.3) is 0 Å². The fourth-order valence-corrected chi connectivity index (χ4v) is 1.86. The van der Waals surface area contributed by atoms with Crippen molar-refractivity contribution in [2.24, 2.45) is 0 Å². The molecule has 4 nitrogen and oxygen atoms in total. The van der Waals surface area contributed by atoms with E-state index in [4.69, 9.17) is 4.42 Å². The molecule has 0 bridgehead atoms. The molecule has 1 aromatic heterocycles. The van der Waals surface area contributed by atoms with Crippen molar-refractivity contribution in [2.45, 2.75) is 25.7 Å². The van der Waals surface area contributed by atoms with E-state index in [2.05, 4.69) is 22.0 Å². The van der Waals surface area contributed by atoms with Gasteiger partial charge in [-0.2, -0.15) is 0 Å². The number of rotatable bonds is 2. The molecule has 1 saturated heterocycles. The summed E-state index contributed by atoms with van der Waals surface area (Å²) in [7, 11) is 0.